The Morgan fingerprint density at radius 1 is 1.47 bits per heavy atom. The van der Waals surface area contributed by atoms with Gasteiger partial charge in [0.25, 0.3) is 5.91 Å². The molecule has 0 aliphatic carbocycles. The summed E-state index contributed by atoms with van der Waals surface area (Å²) in [6.45, 7) is 1.87. The van der Waals surface area contributed by atoms with Crippen molar-refractivity contribution in [2.75, 3.05) is 39.1 Å². The van der Waals surface area contributed by atoms with Crippen molar-refractivity contribution in [1.82, 2.24) is 10.2 Å². The summed E-state index contributed by atoms with van der Waals surface area (Å²) in [5.74, 6) is 0.0176. The van der Waals surface area contributed by atoms with Gasteiger partial charge in [0.1, 0.15) is 0 Å². The molecule has 0 saturated carbocycles. The topological polar surface area (TPSA) is 35.6 Å². The molecule has 4 heteroatoms. The number of nitrogens with zero attached hydrogens (tertiary/aromatic N) is 2. The second-order valence-corrected chi connectivity index (χ2v) is 5.43. The third kappa shape index (κ3) is 3.47. The number of carbonyl (C=O) groups excluding carboxylic acids is 1. The lowest BCUT2D eigenvalue weighted by atomic mass is 10.1. The molecule has 4 nitrogen and oxygen atoms in total. The summed E-state index contributed by atoms with van der Waals surface area (Å²) in [5.41, 5.74) is 1.78. The lowest BCUT2D eigenvalue weighted by Crippen LogP contribution is -2.38. The molecule has 1 saturated heterocycles. The Labute approximate surface area is 115 Å². The first-order chi connectivity index (χ1) is 9.08. The molecule has 1 aromatic carbocycles. The summed E-state index contributed by atoms with van der Waals surface area (Å²) in [6, 6.07) is 8.20. The zero-order valence-electron chi connectivity index (χ0n) is 12.0. The molecule has 1 aliphatic rings. The molecule has 1 atom stereocenters. The molecule has 1 fully saturated rings. The zero-order valence-corrected chi connectivity index (χ0v) is 12.0. The van der Waals surface area contributed by atoms with Crippen molar-refractivity contribution in [1.29, 1.82) is 0 Å². The van der Waals surface area contributed by atoms with Crippen LogP contribution in [0, 0.1) is 0 Å². The van der Waals surface area contributed by atoms with Gasteiger partial charge < -0.3 is 15.1 Å². The molecule has 0 spiro atoms. The zero-order chi connectivity index (χ0) is 13.8. The number of likely N-dealkylation sites (N-methyl/N-ethyl adjacent to an activating group) is 1. The molecule has 1 heterocycles. The average Bonchev–Trinajstić information content (AvgIpc) is 2.81. The van der Waals surface area contributed by atoms with Crippen LogP contribution in [-0.4, -0.2) is 51.1 Å². The number of benzene rings is 1. The molecule has 0 radical (unpaired) electrons. The largest absolute Gasteiger partial charge is 0.378 e. The van der Waals surface area contributed by atoms with Gasteiger partial charge in [0.15, 0.2) is 0 Å². The lowest BCUT2D eigenvalue weighted by Gasteiger charge is -2.20. The molecule has 104 valence electrons. The highest BCUT2D eigenvalue weighted by Crippen LogP contribution is 2.15. The number of carbonyl (C=O) groups is 1. The number of likely N-dealkylation sites (tertiary alicyclic amines) is 1. The lowest BCUT2D eigenvalue weighted by molar-refractivity contribution is 0.0943. The molecule has 1 aromatic rings. The van der Waals surface area contributed by atoms with Gasteiger partial charge in [-0.1, -0.05) is 6.07 Å². The predicted molar refractivity (Wildman–Crippen MR) is 78.8 cm³/mol. The van der Waals surface area contributed by atoms with Crippen molar-refractivity contribution in [3.63, 3.8) is 0 Å². The maximum absolute atomic E-state index is 12.1. The van der Waals surface area contributed by atoms with E-state index in [4.69, 9.17) is 0 Å². The molecule has 1 amide bonds. The normalized spacial score (nSPS) is 19.4. The van der Waals surface area contributed by atoms with Crippen molar-refractivity contribution in [2.45, 2.75) is 18.9 Å². The minimum atomic E-state index is 0.0176. The minimum Gasteiger partial charge on any atom is -0.378 e. The minimum absolute atomic E-state index is 0.0176. The Morgan fingerprint density at radius 3 is 2.89 bits per heavy atom. The molecule has 0 bridgehead atoms. The number of anilines is 1. The fraction of sp³-hybridized carbons (Fsp3) is 0.533. The number of nitrogens with one attached hydrogen (secondary N) is 1. The van der Waals surface area contributed by atoms with Gasteiger partial charge in [0.05, 0.1) is 0 Å². The van der Waals surface area contributed by atoms with E-state index in [1.165, 1.54) is 12.8 Å². The van der Waals surface area contributed by atoms with Crippen LogP contribution in [0.15, 0.2) is 24.3 Å². The van der Waals surface area contributed by atoms with Gasteiger partial charge >= 0.3 is 0 Å². The van der Waals surface area contributed by atoms with Gasteiger partial charge in [-0.2, -0.15) is 0 Å². The highest BCUT2D eigenvalue weighted by Gasteiger charge is 2.21. The summed E-state index contributed by atoms with van der Waals surface area (Å²) in [6.07, 6.45) is 2.40. The number of hydrogen-bond donors (Lipinski definition) is 1. The standard InChI is InChI=1S/C15H23N3O/c1-17(2)13-7-4-6-12(10-13)15(19)16-11-14-8-5-9-18(14)3/h4,6-7,10,14H,5,8-9,11H2,1-3H3,(H,16,19)/t14-/m1/s1. The first kappa shape index (κ1) is 13.9. The highest BCUT2D eigenvalue weighted by atomic mass is 16.1. The first-order valence-electron chi connectivity index (χ1n) is 6.84. The van der Waals surface area contributed by atoms with Gasteiger partial charge in [-0.3, -0.25) is 4.79 Å². The van der Waals surface area contributed by atoms with Crippen LogP contribution in [0.2, 0.25) is 0 Å². The predicted octanol–water partition coefficient (Wildman–Crippen LogP) is 1.58. The van der Waals surface area contributed by atoms with E-state index in [-0.39, 0.29) is 5.91 Å². The van der Waals surface area contributed by atoms with Crippen molar-refractivity contribution >= 4 is 11.6 Å². The smallest absolute Gasteiger partial charge is 0.251 e. The van der Waals surface area contributed by atoms with Crippen LogP contribution in [0.25, 0.3) is 0 Å². The third-order valence-electron chi connectivity index (χ3n) is 3.79. The fourth-order valence-corrected chi connectivity index (χ4v) is 2.48. The quantitative estimate of drug-likeness (QED) is 0.894. The van der Waals surface area contributed by atoms with E-state index >= 15 is 0 Å². The second-order valence-electron chi connectivity index (χ2n) is 5.43. The first-order valence-corrected chi connectivity index (χ1v) is 6.84. The van der Waals surface area contributed by atoms with Crippen molar-refractivity contribution in [3.8, 4) is 0 Å². The van der Waals surface area contributed by atoms with Gasteiger partial charge in [-0.15, -0.1) is 0 Å². The monoisotopic (exact) mass is 261 g/mol. The van der Waals surface area contributed by atoms with E-state index in [9.17, 15) is 4.79 Å². The number of hydrogen-bond acceptors (Lipinski definition) is 3. The van der Waals surface area contributed by atoms with Crippen molar-refractivity contribution in [3.05, 3.63) is 29.8 Å². The Hall–Kier alpha value is -1.55. The summed E-state index contributed by atoms with van der Waals surface area (Å²) in [5, 5.41) is 3.04. The molecular weight excluding hydrogens is 238 g/mol. The number of amides is 1. The maximum atomic E-state index is 12.1. The number of rotatable bonds is 4. The van der Waals surface area contributed by atoms with Crippen LogP contribution in [-0.2, 0) is 0 Å². The summed E-state index contributed by atoms with van der Waals surface area (Å²) in [7, 11) is 6.07. The summed E-state index contributed by atoms with van der Waals surface area (Å²) in [4.78, 5) is 16.5. The van der Waals surface area contributed by atoms with E-state index in [1.807, 2.05) is 43.3 Å². The van der Waals surface area contributed by atoms with Crippen molar-refractivity contribution < 1.29 is 4.79 Å². The van der Waals surface area contributed by atoms with Crippen LogP contribution in [0.1, 0.15) is 23.2 Å². The maximum Gasteiger partial charge on any atom is 0.251 e. The highest BCUT2D eigenvalue weighted by molar-refractivity contribution is 5.95. The van der Waals surface area contributed by atoms with E-state index in [0.29, 0.717) is 6.04 Å². The third-order valence-corrected chi connectivity index (χ3v) is 3.79. The Morgan fingerprint density at radius 2 is 2.26 bits per heavy atom. The van der Waals surface area contributed by atoms with Crippen LogP contribution in [0.3, 0.4) is 0 Å². The second kappa shape index (κ2) is 6.06. The van der Waals surface area contributed by atoms with Gasteiger partial charge in [-0.05, 0) is 44.6 Å². The van der Waals surface area contributed by atoms with Crippen LogP contribution < -0.4 is 10.2 Å². The summed E-state index contributed by atoms with van der Waals surface area (Å²) >= 11 is 0. The Balaban J connectivity index is 1.94. The van der Waals surface area contributed by atoms with Crippen LogP contribution in [0.4, 0.5) is 5.69 Å². The van der Waals surface area contributed by atoms with Crippen molar-refractivity contribution in [2.24, 2.45) is 0 Å². The van der Waals surface area contributed by atoms with E-state index in [0.717, 1.165) is 24.3 Å². The van der Waals surface area contributed by atoms with Gasteiger partial charge in [-0.25, -0.2) is 0 Å². The molecule has 0 aromatic heterocycles. The van der Waals surface area contributed by atoms with E-state index < -0.39 is 0 Å². The Bertz CT molecular complexity index is 445. The van der Waals surface area contributed by atoms with Gasteiger partial charge in [0.2, 0.25) is 0 Å². The summed E-state index contributed by atoms with van der Waals surface area (Å²) < 4.78 is 0. The van der Waals surface area contributed by atoms with Crippen LogP contribution in [0.5, 0.6) is 0 Å². The molecule has 2 rings (SSSR count). The fourth-order valence-electron chi connectivity index (χ4n) is 2.48. The Kier molecular flexibility index (Phi) is 4.43. The van der Waals surface area contributed by atoms with Gasteiger partial charge in [0, 0.05) is 37.9 Å². The molecule has 1 aliphatic heterocycles. The average molecular weight is 261 g/mol. The molecule has 0 unspecified atom stereocenters. The van der Waals surface area contributed by atoms with Crippen LogP contribution >= 0.6 is 0 Å². The molecular formula is C15H23N3O. The molecule has 1 N–H and O–H groups in total. The SMILES string of the molecule is CN(C)c1cccc(C(=O)NC[C@H]2CCCN2C)c1. The van der Waals surface area contributed by atoms with E-state index in [1.54, 1.807) is 0 Å². The molecule has 19 heavy (non-hydrogen) atoms. The van der Waals surface area contributed by atoms with E-state index in [2.05, 4.69) is 17.3 Å².